The highest BCUT2D eigenvalue weighted by Crippen LogP contribution is 2.18. The lowest BCUT2D eigenvalue weighted by Crippen LogP contribution is -1.96. The molecule has 0 bridgehead atoms. The van der Waals surface area contributed by atoms with Crippen LogP contribution in [0.3, 0.4) is 0 Å². The summed E-state index contributed by atoms with van der Waals surface area (Å²) >= 11 is 4.64. The van der Waals surface area contributed by atoms with Crippen LogP contribution in [0.5, 0.6) is 0 Å². The summed E-state index contributed by atoms with van der Waals surface area (Å²) in [5.74, 6) is 3.15. The fourth-order valence-electron chi connectivity index (χ4n) is 1.62. The van der Waals surface area contributed by atoms with Gasteiger partial charge < -0.3 is 0 Å². The summed E-state index contributed by atoms with van der Waals surface area (Å²) in [6.45, 7) is 0. The summed E-state index contributed by atoms with van der Waals surface area (Å²) in [7, 11) is 0. The van der Waals surface area contributed by atoms with Gasteiger partial charge in [0.1, 0.15) is 11.0 Å². The lowest BCUT2D eigenvalue weighted by atomic mass is 10.7. The predicted molar refractivity (Wildman–Crippen MR) is 72.3 cm³/mol. The van der Waals surface area contributed by atoms with E-state index < -0.39 is 0 Å². The third kappa shape index (κ3) is 1.89. The quantitative estimate of drug-likeness (QED) is 0.558. The van der Waals surface area contributed by atoms with Crippen molar-refractivity contribution >= 4 is 44.4 Å². The molecule has 11 heteroatoms. The van der Waals surface area contributed by atoms with Gasteiger partial charge in [-0.25, -0.2) is 0 Å². The zero-order valence-corrected chi connectivity index (χ0v) is 11.8. The van der Waals surface area contributed by atoms with Gasteiger partial charge in [0.15, 0.2) is 11.6 Å². The Morgan fingerprint density at radius 3 is 1.89 bits per heavy atom. The van der Waals surface area contributed by atoms with Crippen LogP contribution >= 0.6 is 34.4 Å². The molecule has 0 aliphatic rings. The van der Waals surface area contributed by atoms with E-state index in [1.807, 2.05) is 0 Å². The van der Waals surface area contributed by atoms with Crippen molar-refractivity contribution in [1.82, 2.24) is 39.6 Å². The maximum atomic E-state index is 4.19. The maximum Gasteiger partial charge on any atom is 0.234 e. The van der Waals surface area contributed by atoms with Gasteiger partial charge in [-0.05, 0) is 0 Å². The number of hydrogen-bond donors (Lipinski definition) is 0. The molecule has 4 heterocycles. The van der Waals surface area contributed by atoms with Crippen LogP contribution in [-0.2, 0) is 11.5 Å². The smallest absolute Gasteiger partial charge is 0.187 e. The van der Waals surface area contributed by atoms with Crippen LogP contribution in [0.1, 0.15) is 11.6 Å². The molecule has 96 valence electrons. The molecular weight excluding hydrogens is 304 g/mol. The van der Waals surface area contributed by atoms with Crippen molar-refractivity contribution in [3.8, 4) is 0 Å². The minimum absolute atomic E-state index is 0.726. The van der Waals surface area contributed by atoms with Crippen molar-refractivity contribution in [2.24, 2.45) is 0 Å². The van der Waals surface area contributed by atoms with E-state index in [0.29, 0.717) is 0 Å². The number of aromatic nitrogens is 8. The highest BCUT2D eigenvalue weighted by Gasteiger charge is 2.10. The average molecular weight is 310 g/mol. The minimum atomic E-state index is 0.726. The van der Waals surface area contributed by atoms with E-state index in [1.54, 1.807) is 31.8 Å². The molecule has 0 atom stereocenters. The molecular formula is C8H6N8S3. The molecule has 0 aliphatic carbocycles. The Morgan fingerprint density at radius 2 is 1.37 bits per heavy atom. The first-order valence-electron chi connectivity index (χ1n) is 5.27. The normalized spacial score (nSPS) is 11.8. The zero-order valence-electron chi connectivity index (χ0n) is 9.37. The van der Waals surface area contributed by atoms with E-state index in [2.05, 4.69) is 30.6 Å². The lowest BCUT2D eigenvalue weighted by Gasteiger charge is -1.96. The Bertz CT molecular complexity index is 756. The van der Waals surface area contributed by atoms with E-state index in [-0.39, 0.29) is 0 Å². The molecule has 8 nitrogen and oxygen atoms in total. The topological polar surface area (TPSA) is 86.2 Å². The van der Waals surface area contributed by atoms with Gasteiger partial charge in [-0.1, -0.05) is 22.7 Å². The molecule has 0 amide bonds. The van der Waals surface area contributed by atoms with Crippen LogP contribution in [0.2, 0.25) is 0 Å². The number of thioether (sulfide) groups is 1. The molecule has 0 fully saturated rings. The van der Waals surface area contributed by atoms with Crippen LogP contribution in [-0.4, -0.2) is 39.6 Å². The fraction of sp³-hybridized carbons (Fsp3) is 0.250. The molecule has 0 radical (unpaired) electrons. The Balaban J connectivity index is 1.49. The zero-order chi connectivity index (χ0) is 12.7. The second kappa shape index (κ2) is 4.51. The van der Waals surface area contributed by atoms with Crippen LogP contribution in [0.4, 0.5) is 0 Å². The molecule has 0 aromatic carbocycles. The van der Waals surface area contributed by atoms with Crippen molar-refractivity contribution in [1.29, 1.82) is 0 Å². The van der Waals surface area contributed by atoms with E-state index >= 15 is 0 Å². The SMILES string of the molecule is c1nn2c(CSCc3nnc4scnn34)nnc2s1. The molecule has 4 rings (SSSR count). The predicted octanol–water partition coefficient (Wildman–Crippen LogP) is 1.12. The summed E-state index contributed by atoms with van der Waals surface area (Å²) in [4.78, 5) is 1.64. The van der Waals surface area contributed by atoms with Gasteiger partial charge in [0.2, 0.25) is 9.92 Å². The number of hydrogen-bond acceptors (Lipinski definition) is 9. The molecule has 0 saturated carbocycles. The Hall–Kier alpha value is -1.59. The van der Waals surface area contributed by atoms with Crippen molar-refractivity contribution in [2.45, 2.75) is 11.5 Å². The van der Waals surface area contributed by atoms with Gasteiger partial charge in [0, 0.05) is 0 Å². The van der Waals surface area contributed by atoms with Crippen LogP contribution in [0.25, 0.3) is 9.92 Å². The molecule has 4 aromatic heterocycles. The molecule has 19 heavy (non-hydrogen) atoms. The maximum absolute atomic E-state index is 4.19. The van der Waals surface area contributed by atoms with E-state index in [1.165, 1.54) is 22.7 Å². The lowest BCUT2D eigenvalue weighted by molar-refractivity contribution is 0.873. The summed E-state index contributed by atoms with van der Waals surface area (Å²) in [6, 6.07) is 0. The number of nitrogens with zero attached hydrogens (tertiary/aromatic N) is 8. The van der Waals surface area contributed by atoms with Crippen molar-refractivity contribution < 1.29 is 0 Å². The highest BCUT2D eigenvalue weighted by atomic mass is 32.2. The second-order valence-electron chi connectivity index (χ2n) is 3.59. The largest absolute Gasteiger partial charge is 0.234 e. The van der Waals surface area contributed by atoms with Gasteiger partial charge in [0.05, 0.1) is 11.5 Å². The Morgan fingerprint density at radius 1 is 0.842 bits per heavy atom. The third-order valence-corrected chi connectivity index (χ3v) is 4.71. The first-order chi connectivity index (χ1) is 9.42. The first kappa shape index (κ1) is 11.3. The van der Waals surface area contributed by atoms with Crippen LogP contribution in [0, 0.1) is 0 Å². The molecule has 0 aliphatic heterocycles. The number of fused-ring (bicyclic) bond motifs is 2. The summed E-state index contributed by atoms with van der Waals surface area (Å²) in [6.07, 6.45) is 0. The summed E-state index contributed by atoms with van der Waals surface area (Å²) in [5, 5.41) is 24.7. The van der Waals surface area contributed by atoms with Crippen molar-refractivity contribution in [2.75, 3.05) is 0 Å². The summed E-state index contributed by atoms with van der Waals surface area (Å²) in [5.41, 5.74) is 3.52. The standard InChI is InChI=1S/C8H6N8S3/c1(5-11-13-7-15(5)9-3-18-7)17-2-6-12-14-8-16(6)10-4-19-8/h3-4H,1-2H2. The number of rotatable bonds is 4. The van der Waals surface area contributed by atoms with Crippen LogP contribution < -0.4 is 0 Å². The van der Waals surface area contributed by atoms with Crippen LogP contribution in [0.15, 0.2) is 11.0 Å². The van der Waals surface area contributed by atoms with Gasteiger partial charge >= 0.3 is 0 Å². The van der Waals surface area contributed by atoms with E-state index in [9.17, 15) is 0 Å². The van der Waals surface area contributed by atoms with Gasteiger partial charge in [-0.15, -0.1) is 32.2 Å². The van der Waals surface area contributed by atoms with E-state index in [0.717, 1.165) is 33.1 Å². The molecule has 0 unspecified atom stereocenters. The first-order valence-corrected chi connectivity index (χ1v) is 8.18. The van der Waals surface area contributed by atoms with Gasteiger partial charge in [0.25, 0.3) is 0 Å². The highest BCUT2D eigenvalue weighted by molar-refractivity contribution is 7.97. The van der Waals surface area contributed by atoms with E-state index in [4.69, 9.17) is 0 Å². The average Bonchev–Trinajstić information content (AvgIpc) is 3.11. The molecule has 0 saturated heterocycles. The molecule has 0 N–H and O–H groups in total. The second-order valence-corrected chi connectivity index (χ2v) is 6.20. The summed E-state index contributed by atoms with van der Waals surface area (Å²) < 4.78 is 3.53. The van der Waals surface area contributed by atoms with Gasteiger partial charge in [-0.3, -0.25) is 0 Å². The van der Waals surface area contributed by atoms with Crippen molar-refractivity contribution in [3.05, 3.63) is 22.7 Å². The monoisotopic (exact) mass is 310 g/mol. The third-order valence-electron chi connectivity index (χ3n) is 2.46. The Labute approximate surface area is 118 Å². The van der Waals surface area contributed by atoms with Gasteiger partial charge in [-0.2, -0.15) is 19.2 Å². The Kier molecular flexibility index (Phi) is 2.67. The fourth-order valence-corrected chi connectivity index (χ4v) is 3.60. The molecule has 4 aromatic rings. The molecule has 0 spiro atoms. The van der Waals surface area contributed by atoms with Crippen molar-refractivity contribution in [3.63, 3.8) is 0 Å². The minimum Gasteiger partial charge on any atom is -0.187 e.